The highest BCUT2D eigenvalue weighted by molar-refractivity contribution is 7.89. The SMILES string of the molecule is CNC1CCN(S(=O)(=O)c2cc(Cl)ccc2C)C1.Cl. The minimum Gasteiger partial charge on any atom is -0.316 e. The van der Waals surface area contributed by atoms with Gasteiger partial charge in [0.1, 0.15) is 0 Å². The zero-order valence-electron chi connectivity index (χ0n) is 10.9. The molecule has 108 valence electrons. The van der Waals surface area contributed by atoms with Crippen LogP contribution in [0.3, 0.4) is 0 Å². The fourth-order valence-electron chi connectivity index (χ4n) is 2.17. The number of benzene rings is 1. The lowest BCUT2D eigenvalue weighted by atomic mass is 10.2. The van der Waals surface area contributed by atoms with Gasteiger partial charge >= 0.3 is 0 Å². The van der Waals surface area contributed by atoms with E-state index in [4.69, 9.17) is 11.6 Å². The molecule has 0 amide bonds. The molecule has 1 heterocycles. The molecule has 1 aliphatic rings. The monoisotopic (exact) mass is 324 g/mol. The van der Waals surface area contributed by atoms with Gasteiger partial charge in [0.25, 0.3) is 0 Å². The number of hydrogen-bond donors (Lipinski definition) is 1. The highest BCUT2D eigenvalue weighted by Crippen LogP contribution is 2.26. The summed E-state index contributed by atoms with van der Waals surface area (Å²) in [4.78, 5) is 0.312. The highest BCUT2D eigenvalue weighted by atomic mass is 35.5. The number of nitrogens with zero attached hydrogens (tertiary/aromatic N) is 1. The first kappa shape index (κ1) is 16.7. The Morgan fingerprint density at radius 3 is 2.68 bits per heavy atom. The average molecular weight is 325 g/mol. The second kappa shape index (κ2) is 6.41. The van der Waals surface area contributed by atoms with Crippen LogP contribution in [0.2, 0.25) is 5.02 Å². The second-order valence-corrected chi connectivity index (χ2v) is 6.89. The summed E-state index contributed by atoms with van der Waals surface area (Å²) in [6.45, 7) is 2.86. The lowest BCUT2D eigenvalue weighted by Crippen LogP contribution is -2.33. The van der Waals surface area contributed by atoms with Crippen LogP contribution in [0, 0.1) is 6.92 Å². The molecule has 2 rings (SSSR count). The summed E-state index contributed by atoms with van der Waals surface area (Å²) in [6, 6.07) is 5.20. The summed E-state index contributed by atoms with van der Waals surface area (Å²) in [5, 5.41) is 3.56. The van der Waals surface area contributed by atoms with Crippen LogP contribution in [0.25, 0.3) is 0 Å². The molecule has 1 fully saturated rings. The van der Waals surface area contributed by atoms with E-state index in [9.17, 15) is 8.42 Å². The van der Waals surface area contributed by atoms with Gasteiger partial charge in [-0.3, -0.25) is 0 Å². The molecule has 0 radical (unpaired) electrons. The minimum atomic E-state index is -3.43. The third kappa shape index (κ3) is 3.41. The van der Waals surface area contributed by atoms with Crippen molar-refractivity contribution in [3.63, 3.8) is 0 Å². The Bertz CT molecular complexity index is 549. The Kier molecular flexibility index (Phi) is 5.65. The number of rotatable bonds is 3. The van der Waals surface area contributed by atoms with Crippen molar-refractivity contribution < 1.29 is 8.42 Å². The topological polar surface area (TPSA) is 49.4 Å². The van der Waals surface area contributed by atoms with Crippen molar-refractivity contribution in [2.45, 2.75) is 24.3 Å². The molecular weight excluding hydrogens is 307 g/mol. The number of nitrogens with one attached hydrogen (secondary N) is 1. The van der Waals surface area contributed by atoms with Crippen LogP contribution < -0.4 is 5.32 Å². The van der Waals surface area contributed by atoms with Crippen molar-refractivity contribution in [2.24, 2.45) is 0 Å². The predicted molar refractivity (Wildman–Crippen MR) is 79.7 cm³/mol. The first-order valence-electron chi connectivity index (χ1n) is 5.88. The van der Waals surface area contributed by atoms with Gasteiger partial charge in [0.15, 0.2) is 0 Å². The molecule has 4 nitrogen and oxygen atoms in total. The van der Waals surface area contributed by atoms with E-state index in [1.807, 2.05) is 7.05 Å². The number of likely N-dealkylation sites (N-methyl/N-ethyl adjacent to an activating group) is 1. The molecule has 1 saturated heterocycles. The third-order valence-electron chi connectivity index (χ3n) is 3.33. The Balaban J connectivity index is 0.00000180. The maximum atomic E-state index is 12.5. The second-order valence-electron chi connectivity index (χ2n) is 4.55. The van der Waals surface area contributed by atoms with Gasteiger partial charge in [-0.05, 0) is 38.1 Å². The third-order valence-corrected chi connectivity index (χ3v) is 5.57. The summed E-state index contributed by atoms with van der Waals surface area (Å²) in [5.41, 5.74) is 0.729. The van der Waals surface area contributed by atoms with Crippen LogP contribution in [0.1, 0.15) is 12.0 Å². The van der Waals surface area contributed by atoms with Gasteiger partial charge in [0.2, 0.25) is 10.0 Å². The molecule has 1 atom stereocenters. The van der Waals surface area contributed by atoms with E-state index >= 15 is 0 Å². The molecule has 1 aromatic rings. The van der Waals surface area contributed by atoms with Crippen molar-refractivity contribution in [3.05, 3.63) is 28.8 Å². The summed E-state index contributed by atoms with van der Waals surface area (Å²) in [5.74, 6) is 0. The van der Waals surface area contributed by atoms with E-state index in [0.29, 0.717) is 23.0 Å². The zero-order valence-corrected chi connectivity index (χ0v) is 13.3. The number of halogens is 2. The highest BCUT2D eigenvalue weighted by Gasteiger charge is 2.32. The lowest BCUT2D eigenvalue weighted by molar-refractivity contribution is 0.464. The zero-order chi connectivity index (χ0) is 13.3. The Labute approximate surface area is 125 Å². The summed E-state index contributed by atoms with van der Waals surface area (Å²) < 4.78 is 26.5. The van der Waals surface area contributed by atoms with Gasteiger partial charge in [0.05, 0.1) is 4.90 Å². The molecule has 0 saturated carbocycles. The van der Waals surface area contributed by atoms with Gasteiger partial charge < -0.3 is 5.32 Å². The van der Waals surface area contributed by atoms with Gasteiger partial charge in [-0.2, -0.15) is 4.31 Å². The summed E-state index contributed by atoms with van der Waals surface area (Å²) in [6.07, 6.45) is 0.843. The first-order chi connectivity index (χ1) is 8.45. The molecule has 0 aromatic heterocycles. The van der Waals surface area contributed by atoms with Gasteiger partial charge in [-0.15, -0.1) is 12.4 Å². The molecule has 1 aliphatic heterocycles. The quantitative estimate of drug-likeness (QED) is 0.925. The van der Waals surface area contributed by atoms with E-state index in [1.165, 1.54) is 10.4 Å². The molecule has 0 bridgehead atoms. The minimum absolute atomic E-state index is 0. The molecule has 19 heavy (non-hydrogen) atoms. The fraction of sp³-hybridized carbons (Fsp3) is 0.500. The molecule has 0 spiro atoms. The van der Waals surface area contributed by atoms with Crippen LogP contribution in [0.5, 0.6) is 0 Å². The van der Waals surface area contributed by atoms with Crippen molar-refractivity contribution in [1.29, 1.82) is 0 Å². The van der Waals surface area contributed by atoms with E-state index in [-0.39, 0.29) is 18.4 Å². The van der Waals surface area contributed by atoms with Crippen LogP contribution in [0.4, 0.5) is 0 Å². The van der Waals surface area contributed by atoms with Gasteiger partial charge in [-0.1, -0.05) is 17.7 Å². The molecule has 0 aliphatic carbocycles. The molecule has 7 heteroatoms. The van der Waals surface area contributed by atoms with E-state index in [2.05, 4.69) is 5.32 Å². The van der Waals surface area contributed by atoms with Crippen molar-refractivity contribution >= 4 is 34.0 Å². The molecule has 1 unspecified atom stereocenters. The van der Waals surface area contributed by atoms with Crippen molar-refractivity contribution in [2.75, 3.05) is 20.1 Å². The first-order valence-corrected chi connectivity index (χ1v) is 7.70. The number of aryl methyl sites for hydroxylation is 1. The van der Waals surface area contributed by atoms with Crippen LogP contribution in [0.15, 0.2) is 23.1 Å². The predicted octanol–water partition coefficient (Wildman–Crippen LogP) is 2.05. The molecule has 1 aromatic carbocycles. The fourth-order valence-corrected chi connectivity index (χ4v) is 4.16. The summed E-state index contributed by atoms with van der Waals surface area (Å²) >= 11 is 5.89. The lowest BCUT2D eigenvalue weighted by Gasteiger charge is -2.18. The summed E-state index contributed by atoms with van der Waals surface area (Å²) in [7, 11) is -1.57. The molecular formula is C12H18Cl2N2O2S. The number of sulfonamides is 1. The average Bonchev–Trinajstić information content (AvgIpc) is 2.81. The van der Waals surface area contributed by atoms with Gasteiger partial charge in [0, 0.05) is 24.2 Å². The van der Waals surface area contributed by atoms with E-state index in [1.54, 1.807) is 19.1 Å². The van der Waals surface area contributed by atoms with E-state index in [0.717, 1.165) is 12.0 Å². The van der Waals surface area contributed by atoms with E-state index < -0.39 is 10.0 Å². The smallest absolute Gasteiger partial charge is 0.243 e. The largest absolute Gasteiger partial charge is 0.316 e. The maximum absolute atomic E-state index is 12.5. The normalized spacial score (nSPS) is 20.3. The van der Waals surface area contributed by atoms with Crippen LogP contribution in [-0.4, -0.2) is 38.9 Å². The molecule has 1 N–H and O–H groups in total. The van der Waals surface area contributed by atoms with Crippen LogP contribution >= 0.6 is 24.0 Å². The van der Waals surface area contributed by atoms with Crippen molar-refractivity contribution in [3.8, 4) is 0 Å². The standard InChI is InChI=1S/C12H17ClN2O2S.ClH/c1-9-3-4-10(13)7-12(9)18(16,17)15-6-5-11(8-15)14-2;/h3-4,7,11,14H,5-6,8H2,1-2H3;1H. The van der Waals surface area contributed by atoms with Crippen molar-refractivity contribution in [1.82, 2.24) is 9.62 Å². The maximum Gasteiger partial charge on any atom is 0.243 e. The van der Waals surface area contributed by atoms with Gasteiger partial charge in [-0.25, -0.2) is 8.42 Å². The van der Waals surface area contributed by atoms with Crippen LogP contribution in [-0.2, 0) is 10.0 Å². The Hall–Kier alpha value is -0.330. The number of hydrogen-bond acceptors (Lipinski definition) is 3. The Morgan fingerprint density at radius 2 is 2.11 bits per heavy atom. The Morgan fingerprint density at radius 1 is 1.42 bits per heavy atom.